The molecule has 0 spiro atoms. The number of aromatic nitrogens is 2. The minimum absolute atomic E-state index is 0.148. The highest BCUT2D eigenvalue weighted by molar-refractivity contribution is 5.83. The number of hydrogen-bond donors (Lipinski definition) is 4. The van der Waals surface area contributed by atoms with E-state index in [9.17, 15) is 29.3 Å². The highest BCUT2D eigenvalue weighted by atomic mass is 19.1. The number of carbonyl (C=O) groups excluding carboxylic acids is 1. The molecule has 3 heterocycles. The fourth-order valence-electron chi connectivity index (χ4n) is 3.68. The Morgan fingerprint density at radius 3 is 2.55 bits per heavy atom. The fraction of sp³-hybridized carbons (Fsp3) is 0.750. The van der Waals surface area contributed by atoms with Crippen molar-refractivity contribution in [3.63, 3.8) is 0 Å². The summed E-state index contributed by atoms with van der Waals surface area (Å²) in [7, 11) is 0. The van der Waals surface area contributed by atoms with Gasteiger partial charge in [-0.15, -0.1) is 0 Å². The molecular weight excluding hydrogens is 445 g/mol. The number of aliphatic hydroxyl groups is 3. The Morgan fingerprint density at radius 1 is 1.18 bits per heavy atom. The lowest BCUT2D eigenvalue weighted by atomic mass is 10.1. The molecule has 0 saturated carbocycles. The van der Waals surface area contributed by atoms with Gasteiger partial charge in [-0.3, -0.25) is 9.88 Å². The van der Waals surface area contributed by atoms with Crippen molar-refractivity contribution in [1.29, 1.82) is 0 Å². The van der Waals surface area contributed by atoms with Gasteiger partial charge in [-0.05, 0) is 20.3 Å². The van der Waals surface area contributed by atoms with Crippen LogP contribution in [0.25, 0.3) is 0 Å². The third-order valence-electron chi connectivity index (χ3n) is 5.58. The minimum Gasteiger partial charge on any atom is -0.449 e. The molecule has 0 aliphatic carbocycles. The first kappa shape index (κ1) is 25.5. The first-order chi connectivity index (χ1) is 15.6. The molecule has 2 aliphatic rings. The summed E-state index contributed by atoms with van der Waals surface area (Å²) in [6.07, 6.45) is -6.79. The molecule has 1 aromatic rings. The number of halogens is 1. The van der Waals surface area contributed by atoms with Crippen molar-refractivity contribution in [3.8, 4) is 0 Å². The monoisotopic (exact) mass is 475 g/mol. The summed E-state index contributed by atoms with van der Waals surface area (Å²) in [6, 6.07) is 0. The average molecular weight is 475 g/mol. The molecule has 4 unspecified atom stereocenters. The summed E-state index contributed by atoms with van der Waals surface area (Å²) in [4.78, 5) is 27.8. The van der Waals surface area contributed by atoms with Gasteiger partial charge in [-0.25, -0.2) is 14.0 Å². The number of rotatable bonds is 8. The van der Waals surface area contributed by atoms with Crippen LogP contribution in [-0.2, 0) is 18.9 Å². The van der Waals surface area contributed by atoms with Gasteiger partial charge in [0.1, 0.15) is 24.4 Å². The molecular formula is C20H30FN3O9. The van der Waals surface area contributed by atoms with E-state index in [0.29, 0.717) is 6.42 Å². The van der Waals surface area contributed by atoms with E-state index in [1.54, 1.807) is 13.8 Å². The third kappa shape index (κ3) is 5.67. The summed E-state index contributed by atoms with van der Waals surface area (Å²) < 4.78 is 36.7. The van der Waals surface area contributed by atoms with E-state index in [0.717, 1.165) is 23.6 Å². The molecule has 2 saturated heterocycles. The van der Waals surface area contributed by atoms with Crippen LogP contribution in [0, 0.1) is 5.82 Å². The van der Waals surface area contributed by atoms with Crippen LogP contribution in [0.4, 0.5) is 15.0 Å². The van der Waals surface area contributed by atoms with Crippen LogP contribution in [0.5, 0.6) is 0 Å². The van der Waals surface area contributed by atoms with E-state index in [4.69, 9.17) is 18.9 Å². The van der Waals surface area contributed by atoms with Crippen molar-refractivity contribution in [2.45, 2.75) is 89.2 Å². The van der Waals surface area contributed by atoms with E-state index >= 15 is 0 Å². The quantitative estimate of drug-likeness (QED) is 0.384. The first-order valence-electron chi connectivity index (χ1n) is 10.9. The Bertz CT molecular complexity index is 885. The van der Waals surface area contributed by atoms with Gasteiger partial charge in [0.15, 0.2) is 24.2 Å². The Kier molecular flexibility index (Phi) is 8.37. The molecule has 1 amide bonds. The second kappa shape index (κ2) is 10.8. The maximum absolute atomic E-state index is 14.5. The highest BCUT2D eigenvalue weighted by Gasteiger charge is 2.49. The minimum atomic E-state index is -1.45. The van der Waals surface area contributed by atoms with E-state index < -0.39 is 72.6 Å². The Morgan fingerprint density at radius 2 is 1.91 bits per heavy atom. The fourth-order valence-corrected chi connectivity index (χ4v) is 3.68. The van der Waals surface area contributed by atoms with Crippen LogP contribution in [0.15, 0.2) is 11.0 Å². The molecule has 3 rings (SSSR count). The Hall–Kier alpha value is -2.16. The van der Waals surface area contributed by atoms with Crippen LogP contribution >= 0.6 is 0 Å². The molecule has 0 bridgehead atoms. The van der Waals surface area contributed by atoms with Gasteiger partial charge in [0.25, 0.3) is 0 Å². The molecule has 8 atom stereocenters. The van der Waals surface area contributed by atoms with Crippen molar-refractivity contribution in [2.75, 3.05) is 11.9 Å². The summed E-state index contributed by atoms with van der Waals surface area (Å²) in [6.45, 7) is 5.24. The molecule has 13 heteroatoms. The number of unbranched alkanes of at least 4 members (excludes halogenated alkanes) is 2. The summed E-state index contributed by atoms with van der Waals surface area (Å²) >= 11 is 0. The molecule has 1 aromatic heterocycles. The van der Waals surface area contributed by atoms with Gasteiger partial charge in [0, 0.05) is 0 Å². The smallest absolute Gasteiger partial charge is 0.412 e. The van der Waals surface area contributed by atoms with Gasteiger partial charge in [-0.1, -0.05) is 19.8 Å². The maximum Gasteiger partial charge on any atom is 0.412 e. The highest BCUT2D eigenvalue weighted by Crippen LogP contribution is 2.33. The molecule has 4 N–H and O–H groups in total. The molecule has 2 aliphatic heterocycles. The lowest BCUT2D eigenvalue weighted by Gasteiger charge is -2.24. The molecule has 2 fully saturated rings. The van der Waals surface area contributed by atoms with Crippen molar-refractivity contribution >= 4 is 11.9 Å². The predicted molar refractivity (Wildman–Crippen MR) is 110 cm³/mol. The van der Waals surface area contributed by atoms with Crippen molar-refractivity contribution in [2.24, 2.45) is 0 Å². The molecule has 0 aromatic carbocycles. The van der Waals surface area contributed by atoms with Crippen molar-refractivity contribution in [3.05, 3.63) is 22.5 Å². The van der Waals surface area contributed by atoms with Gasteiger partial charge in [0.05, 0.1) is 25.0 Å². The lowest BCUT2D eigenvalue weighted by Crippen LogP contribution is -2.42. The summed E-state index contributed by atoms with van der Waals surface area (Å²) in [5.74, 6) is -1.66. The largest absolute Gasteiger partial charge is 0.449 e. The number of nitrogens with one attached hydrogen (secondary N) is 1. The van der Waals surface area contributed by atoms with Crippen molar-refractivity contribution < 1.29 is 43.5 Å². The number of nitrogens with zero attached hydrogens (tertiary/aromatic N) is 2. The zero-order valence-corrected chi connectivity index (χ0v) is 18.6. The van der Waals surface area contributed by atoms with E-state index in [2.05, 4.69) is 10.3 Å². The van der Waals surface area contributed by atoms with E-state index in [-0.39, 0.29) is 6.61 Å². The second-order valence-electron chi connectivity index (χ2n) is 8.11. The zero-order chi connectivity index (χ0) is 24.3. The standard InChI is InChI=1S/C20H30FN3O9/c1-4-5-6-7-30-20(29)23-16-11(21)8-24(19(28)22-16)17-14(27)15(10(3)31-17)33-18-13(26)12(25)9(2)32-18/h8-10,12-15,17-18,25-27H,4-7H2,1-3H3,(H,22,23,28,29)/t9?,10?,12-,13-,14-,15-,17?,18?/m1/s1. The van der Waals surface area contributed by atoms with Gasteiger partial charge in [-0.2, -0.15) is 4.98 Å². The maximum atomic E-state index is 14.5. The van der Waals surface area contributed by atoms with Gasteiger partial charge < -0.3 is 34.3 Å². The lowest BCUT2D eigenvalue weighted by molar-refractivity contribution is -0.207. The van der Waals surface area contributed by atoms with E-state index in [1.165, 1.54) is 0 Å². The van der Waals surface area contributed by atoms with Crippen LogP contribution < -0.4 is 11.0 Å². The first-order valence-corrected chi connectivity index (χ1v) is 10.9. The number of aliphatic hydroxyl groups excluding tert-OH is 3. The summed E-state index contributed by atoms with van der Waals surface area (Å²) in [5, 5.41) is 32.6. The number of amides is 1. The van der Waals surface area contributed by atoms with Gasteiger partial charge >= 0.3 is 11.8 Å². The Balaban J connectivity index is 1.67. The number of anilines is 1. The van der Waals surface area contributed by atoms with Crippen LogP contribution in [0.2, 0.25) is 0 Å². The third-order valence-corrected chi connectivity index (χ3v) is 5.58. The summed E-state index contributed by atoms with van der Waals surface area (Å²) in [5.41, 5.74) is -0.990. The van der Waals surface area contributed by atoms with Crippen LogP contribution in [0.1, 0.15) is 46.3 Å². The van der Waals surface area contributed by atoms with Crippen LogP contribution in [0.3, 0.4) is 0 Å². The molecule has 186 valence electrons. The van der Waals surface area contributed by atoms with E-state index in [1.807, 2.05) is 6.92 Å². The second-order valence-corrected chi connectivity index (χ2v) is 8.11. The molecule has 12 nitrogen and oxygen atoms in total. The number of hydrogen-bond acceptors (Lipinski definition) is 10. The Labute approximate surface area is 189 Å². The average Bonchev–Trinajstić information content (AvgIpc) is 3.18. The zero-order valence-electron chi connectivity index (χ0n) is 18.6. The molecule has 33 heavy (non-hydrogen) atoms. The topological polar surface area (TPSA) is 162 Å². The predicted octanol–water partition coefficient (Wildman–Crippen LogP) is 0.251. The van der Waals surface area contributed by atoms with Crippen molar-refractivity contribution in [1.82, 2.24) is 9.55 Å². The van der Waals surface area contributed by atoms with Crippen LogP contribution in [-0.4, -0.2) is 80.5 Å². The van der Waals surface area contributed by atoms with Gasteiger partial charge in [0.2, 0.25) is 0 Å². The number of ether oxygens (including phenoxy) is 4. The molecule has 0 radical (unpaired) electrons. The SMILES string of the molecule is CCCCCOC(=O)Nc1nc(=O)n(C2OC(C)[C@@H](OC3OC(C)[C@@H](O)[C@H]3O)[C@H]2O)cc1F. The normalized spacial score (nSPS) is 33.9. The number of carbonyl (C=O) groups is 1.